The Labute approximate surface area is 133 Å². The van der Waals surface area contributed by atoms with Gasteiger partial charge in [-0.15, -0.1) is 0 Å². The van der Waals surface area contributed by atoms with Gasteiger partial charge in [0, 0.05) is 5.02 Å². The lowest BCUT2D eigenvalue weighted by Crippen LogP contribution is -2.03. The van der Waals surface area contributed by atoms with Gasteiger partial charge >= 0.3 is 5.97 Å². The van der Waals surface area contributed by atoms with E-state index >= 15 is 0 Å². The molecule has 0 bridgehead atoms. The first-order chi connectivity index (χ1) is 10.5. The standard InChI is InChI=1S/C17H14ClNO3/c1-22-16-7-6-15(18)9-13(16)8-14(10-19)11-2-4-12(5-3-11)17(20)21/h2-7,9,14H,8H2,1H3,(H,20,21). The van der Waals surface area contributed by atoms with E-state index in [2.05, 4.69) is 6.07 Å². The minimum Gasteiger partial charge on any atom is -0.496 e. The van der Waals surface area contributed by atoms with Crippen molar-refractivity contribution in [2.45, 2.75) is 12.3 Å². The highest BCUT2D eigenvalue weighted by molar-refractivity contribution is 6.30. The molecule has 0 fully saturated rings. The zero-order valence-corrected chi connectivity index (χ0v) is 12.7. The Balaban J connectivity index is 2.28. The van der Waals surface area contributed by atoms with Crippen LogP contribution < -0.4 is 4.74 Å². The molecule has 0 saturated heterocycles. The van der Waals surface area contributed by atoms with Gasteiger partial charge in [0.1, 0.15) is 5.75 Å². The van der Waals surface area contributed by atoms with Crippen molar-refractivity contribution < 1.29 is 14.6 Å². The van der Waals surface area contributed by atoms with Crippen LogP contribution in [0.2, 0.25) is 5.02 Å². The molecule has 0 spiro atoms. The molecule has 0 aliphatic heterocycles. The van der Waals surface area contributed by atoms with Gasteiger partial charge in [0.2, 0.25) is 0 Å². The summed E-state index contributed by atoms with van der Waals surface area (Å²) in [6, 6.07) is 13.8. The Morgan fingerprint density at radius 3 is 2.55 bits per heavy atom. The van der Waals surface area contributed by atoms with Crippen molar-refractivity contribution in [3.8, 4) is 11.8 Å². The number of aromatic carboxylic acids is 1. The molecule has 22 heavy (non-hydrogen) atoms. The van der Waals surface area contributed by atoms with Crippen molar-refractivity contribution in [3.05, 3.63) is 64.2 Å². The van der Waals surface area contributed by atoms with Gasteiger partial charge in [0.05, 0.1) is 24.7 Å². The summed E-state index contributed by atoms with van der Waals surface area (Å²) in [6.45, 7) is 0. The molecule has 1 atom stereocenters. The zero-order chi connectivity index (χ0) is 16.1. The normalized spacial score (nSPS) is 11.5. The van der Waals surface area contributed by atoms with Crippen LogP contribution in [0.15, 0.2) is 42.5 Å². The molecule has 2 aromatic rings. The summed E-state index contributed by atoms with van der Waals surface area (Å²) in [4.78, 5) is 10.9. The van der Waals surface area contributed by atoms with E-state index in [0.29, 0.717) is 17.2 Å². The molecule has 0 saturated carbocycles. The largest absolute Gasteiger partial charge is 0.496 e. The van der Waals surface area contributed by atoms with E-state index in [9.17, 15) is 10.1 Å². The molecule has 112 valence electrons. The first-order valence-corrected chi connectivity index (χ1v) is 6.98. The topological polar surface area (TPSA) is 70.3 Å². The number of benzene rings is 2. The number of hydrogen-bond donors (Lipinski definition) is 1. The maximum Gasteiger partial charge on any atom is 0.335 e. The SMILES string of the molecule is COc1ccc(Cl)cc1CC(C#N)c1ccc(C(=O)O)cc1. The number of carboxylic acids is 1. The number of carboxylic acid groups (broad SMARTS) is 1. The third-order valence-electron chi connectivity index (χ3n) is 3.38. The molecule has 5 heteroatoms. The third kappa shape index (κ3) is 3.57. The summed E-state index contributed by atoms with van der Waals surface area (Å²) >= 11 is 6.00. The van der Waals surface area contributed by atoms with Gasteiger partial charge in [-0.2, -0.15) is 5.26 Å². The van der Waals surface area contributed by atoms with Crippen LogP contribution in [0.25, 0.3) is 0 Å². The van der Waals surface area contributed by atoms with Crippen molar-refractivity contribution in [3.63, 3.8) is 0 Å². The summed E-state index contributed by atoms with van der Waals surface area (Å²) in [5.74, 6) is -0.724. The Morgan fingerprint density at radius 1 is 1.32 bits per heavy atom. The van der Waals surface area contributed by atoms with Crippen LogP contribution in [0.5, 0.6) is 5.75 Å². The number of hydrogen-bond acceptors (Lipinski definition) is 3. The number of methoxy groups -OCH3 is 1. The molecule has 0 amide bonds. The van der Waals surface area contributed by atoms with Crippen LogP contribution in [0, 0.1) is 11.3 Å². The molecule has 1 N–H and O–H groups in total. The smallest absolute Gasteiger partial charge is 0.335 e. The van der Waals surface area contributed by atoms with Crippen LogP contribution in [0.1, 0.15) is 27.4 Å². The number of rotatable bonds is 5. The zero-order valence-electron chi connectivity index (χ0n) is 11.9. The van der Waals surface area contributed by atoms with E-state index < -0.39 is 11.9 Å². The van der Waals surface area contributed by atoms with Gasteiger partial charge in [0.25, 0.3) is 0 Å². The van der Waals surface area contributed by atoms with Gasteiger partial charge < -0.3 is 9.84 Å². The quantitative estimate of drug-likeness (QED) is 0.908. The minimum atomic E-state index is -0.989. The van der Waals surface area contributed by atoms with Crippen molar-refractivity contribution in [2.75, 3.05) is 7.11 Å². The van der Waals surface area contributed by atoms with E-state index in [1.165, 1.54) is 12.1 Å². The van der Waals surface area contributed by atoms with Crippen LogP contribution in [-0.2, 0) is 6.42 Å². The lowest BCUT2D eigenvalue weighted by molar-refractivity contribution is 0.0697. The molecule has 1 unspecified atom stereocenters. The Morgan fingerprint density at radius 2 is 2.00 bits per heavy atom. The van der Waals surface area contributed by atoms with Crippen molar-refractivity contribution in [2.24, 2.45) is 0 Å². The lowest BCUT2D eigenvalue weighted by atomic mass is 9.92. The molecule has 4 nitrogen and oxygen atoms in total. The van der Waals surface area contributed by atoms with E-state index in [1.54, 1.807) is 37.4 Å². The molecule has 0 aliphatic rings. The maximum atomic E-state index is 10.9. The first-order valence-electron chi connectivity index (χ1n) is 6.60. The summed E-state index contributed by atoms with van der Waals surface area (Å²) in [6.07, 6.45) is 0.437. The Kier molecular flexibility index (Phi) is 5.03. The van der Waals surface area contributed by atoms with Gasteiger partial charge in [-0.25, -0.2) is 4.79 Å². The fourth-order valence-corrected chi connectivity index (χ4v) is 2.42. The van der Waals surface area contributed by atoms with E-state index in [-0.39, 0.29) is 5.56 Å². The first kappa shape index (κ1) is 15.9. The van der Waals surface area contributed by atoms with Crippen LogP contribution in [0.4, 0.5) is 0 Å². The Bertz CT molecular complexity index is 720. The van der Waals surface area contributed by atoms with Crippen LogP contribution in [-0.4, -0.2) is 18.2 Å². The van der Waals surface area contributed by atoms with Crippen LogP contribution in [0.3, 0.4) is 0 Å². The van der Waals surface area contributed by atoms with Crippen molar-refractivity contribution >= 4 is 17.6 Å². The van der Waals surface area contributed by atoms with Gasteiger partial charge in [-0.3, -0.25) is 0 Å². The molecule has 0 heterocycles. The number of nitrogens with zero attached hydrogens (tertiary/aromatic N) is 1. The predicted molar refractivity (Wildman–Crippen MR) is 83.5 cm³/mol. The lowest BCUT2D eigenvalue weighted by Gasteiger charge is -2.13. The molecule has 2 rings (SSSR count). The fourth-order valence-electron chi connectivity index (χ4n) is 2.22. The fraction of sp³-hybridized carbons (Fsp3) is 0.176. The number of halogens is 1. The highest BCUT2D eigenvalue weighted by atomic mass is 35.5. The number of ether oxygens (including phenoxy) is 1. The molecular formula is C17H14ClNO3. The van der Waals surface area contributed by atoms with Crippen LogP contribution >= 0.6 is 11.6 Å². The summed E-state index contributed by atoms with van der Waals surface area (Å²) < 4.78 is 5.29. The van der Waals surface area contributed by atoms with Crippen molar-refractivity contribution in [1.29, 1.82) is 5.26 Å². The summed E-state index contributed by atoms with van der Waals surface area (Å²) in [5.41, 5.74) is 1.79. The second-order valence-electron chi connectivity index (χ2n) is 4.77. The van der Waals surface area contributed by atoms with E-state index in [0.717, 1.165) is 11.1 Å². The molecular weight excluding hydrogens is 302 g/mol. The third-order valence-corrected chi connectivity index (χ3v) is 3.62. The second kappa shape index (κ2) is 6.97. The average molecular weight is 316 g/mol. The van der Waals surface area contributed by atoms with Gasteiger partial charge in [0.15, 0.2) is 0 Å². The predicted octanol–water partition coefficient (Wildman–Crippen LogP) is 3.90. The molecule has 0 aliphatic carbocycles. The second-order valence-corrected chi connectivity index (χ2v) is 5.21. The molecule has 2 aromatic carbocycles. The molecule has 0 radical (unpaired) electrons. The molecule has 0 aromatic heterocycles. The summed E-state index contributed by atoms with van der Waals surface area (Å²) in [5, 5.41) is 18.9. The summed E-state index contributed by atoms with van der Waals surface area (Å²) in [7, 11) is 1.57. The average Bonchev–Trinajstić information content (AvgIpc) is 2.53. The van der Waals surface area contributed by atoms with Crippen molar-refractivity contribution in [1.82, 2.24) is 0 Å². The van der Waals surface area contributed by atoms with Gasteiger partial charge in [-0.1, -0.05) is 23.7 Å². The highest BCUT2D eigenvalue weighted by Crippen LogP contribution is 2.28. The maximum absolute atomic E-state index is 10.9. The number of carbonyl (C=O) groups is 1. The van der Waals surface area contributed by atoms with Gasteiger partial charge in [-0.05, 0) is 47.9 Å². The minimum absolute atomic E-state index is 0.195. The van der Waals surface area contributed by atoms with E-state index in [1.807, 2.05) is 0 Å². The number of nitriles is 1. The van der Waals surface area contributed by atoms with E-state index in [4.69, 9.17) is 21.4 Å². The highest BCUT2D eigenvalue weighted by Gasteiger charge is 2.15. The monoisotopic (exact) mass is 315 g/mol. The Hall–Kier alpha value is -2.51.